The number of carbonyl (C=O) groups excluding carboxylic acids is 1. The third kappa shape index (κ3) is 5.03. The molecule has 2 unspecified atom stereocenters. The van der Waals surface area contributed by atoms with E-state index in [2.05, 4.69) is 55.7 Å². The van der Waals surface area contributed by atoms with Crippen molar-refractivity contribution in [2.24, 2.45) is 0 Å². The first-order valence-corrected chi connectivity index (χ1v) is 7.18. The Hall–Kier alpha value is -1.35. The van der Waals surface area contributed by atoms with E-state index in [4.69, 9.17) is 0 Å². The van der Waals surface area contributed by atoms with Crippen LogP contribution < -0.4 is 10.6 Å². The predicted molar refractivity (Wildman–Crippen MR) is 80.1 cm³/mol. The Morgan fingerprint density at radius 2 is 1.84 bits per heavy atom. The molecule has 19 heavy (non-hydrogen) atoms. The zero-order valence-electron chi connectivity index (χ0n) is 12.5. The summed E-state index contributed by atoms with van der Waals surface area (Å²) in [6.07, 6.45) is 1.93. The molecule has 0 aliphatic heterocycles. The fourth-order valence-corrected chi connectivity index (χ4v) is 2.03. The van der Waals surface area contributed by atoms with Crippen LogP contribution >= 0.6 is 0 Å². The number of aryl methyl sites for hydroxylation is 1. The highest BCUT2D eigenvalue weighted by atomic mass is 16.2. The van der Waals surface area contributed by atoms with Gasteiger partial charge in [0.1, 0.15) is 0 Å². The molecule has 1 rings (SSSR count). The summed E-state index contributed by atoms with van der Waals surface area (Å²) in [7, 11) is 0. The zero-order valence-corrected chi connectivity index (χ0v) is 12.5. The maximum Gasteiger partial charge on any atom is 0.236 e. The van der Waals surface area contributed by atoms with E-state index in [1.165, 1.54) is 11.1 Å². The second-order valence-electron chi connectivity index (χ2n) is 5.05. The number of hydrogen-bond donors (Lipinski definition) is 2. The first kappa shape index (κ1) is 15.7. The smallest absolute Gasteiger partial charge is 0.236 e. The normalized spacial score (nSPS) is 13.9. The van der Waals surface area contributed by atoms with Gasteiger partial charge in [-0.15, -0.1) is 0 Å². The fourth-order valence-electron chi connectivity index (χ4n) is 2.03. The van der Waals surface area contributed by atoms with Gasteiger partial charge in [0, 0.05) is 12.6 Å². The highest BCUT2D eigenvalue weighted by Crippen LogP contribution is 2.17. The lowest BCUT2D eigenvalue weighted by molar-refractivity contribution is -0.122. The summed E-state index contributed by atoms with van der Waals surface area (Å²) in [6.45, 7) is 8.93. The van der Waals surface area contributed by atoms with Gasteiger partial charge in [-0.25, -0.2) is 0 Å². The van der Waals surface area contributed by atoms with Crippen molar-refractivity contribution in [2.75, 3.05) is 6.54 Å². The Morgan fingerprint density at radius 1 is 1.21 bits per heavy atom. The zero-order chi connectivity index (χ0) is 14.3. The molecule has 0 saturated carbocycles. The van der Waals surface area contributed by atoms with Crippen molar-refractivity contribution in [2.45, 2.75) is 52.6 Å². The molecule has 3 nitrogen and oxygen atoms in total. The van der Waals surface area contributed by atoms with Crippen LogP contribution in [0.3, 0.4) is 0 Å². The minimum atomic E-state index is -0.169. The van der Waals surface area contributed by atoms with Gasteiger partial charge < -0.3 is 5.32 Å². The Kier molecular flexibility index (Phi) is 6.57. The summed E-state index contributed by atoms with van der Waals surface area (Å²) in [5.74, 6) is 0.0763. The summed E-state index contributed by atoms with van der Waals surface area (Å²) >= 11 is 0. The molecule has 0 spiro atoms. The molecule has 0 aliphatic rings. The number of hydrogen-bond acceptors (Lipinski definition) is 2. The van der Waals surface area contributed by atoms with E-state index >= 15 is 0 Å². The van der Waals surface area contributed by atoms with Crippen LogP contribution in [-0.4, -0.2) is 18.5 Å². The molecular weight excluding hydrogens is 236 g/mol. The number of amides is 1. The Labute approximate surface area is 116 Å². The van der Waals surface area contributed by atoms with Gasteiger partial charge in [0.2, 0.25) is 5.91 Å². The predicted octanol–water partition coefficient (Wildman–Crippen LogP) is 2.95. The van der Waals surface area contributed by atoms with Crippen molar-refractivity contribution in [3.63, 3.8) is 0 Å². The van der Waals surface area contributed by atoms with E-state index in [1.807, 2.05) is 6.92 Å². The van der Waals surface area contributed by atoms with Gasteiger partial charge in [0.05, 0.1) is 6.04 Å². The van der Waals surface area contributed by atoms with Gasteiger partial charge in [-0.3, -0.25) is 10.1 Å². The Balaban J connectivity index is 2.61. The molecule has 0 bridgehead atoms. The average Bonchev–Trinajstić information content (AvgIpc) is 2.42. The molecule has 2 N–H and O–H groups in total. The fraction of sp³-hybridized carbons (Fsp3) is 0.562. The van der Waals surface area contributed by atoms with Gasteiger partial charge in [-0.1, -0.05) is 43.7 Å². The topological polar surface area (TPSA) is 41.1 Å². The van der Waals surface area contributed by atoms with Crippen molar-refractivity contribution in [1.29, 1.82) is 0 Å². The maximum absolute atomic E-state index is 11.9. The standard InChI is InChI=1S/C16H26N2O/c1-5-11-17-16(19)13(4)18-15(6-2)14-9-7-12(3)8-10-14/h7-10,13,15,18H,5-6,11H2,1-4H3,(H,17,19). The van der Waals surface area contributed by atoms with Crippen LogP contribution in [0.4, 0.5) is 0 Å². The van der Waals surface area contributed by atoms with E-state index in [0.717, 1.165) is 19.4 Å². The van der Waals surface area contributed by atoms with Crippen LogP contribution in [0.15, 0.2) is 24.3 Å². The number of carbonyl (C=O) groups is 1. The van der Waals surface area contributed by atoms with Crippen LogP contribution in [0.5, 0.6) is 0 Å². The third-order valence-corrected chi connectivity index (χ3v) is 3.28. The average molecular weight is 262 g/mol. The monoisotopic (exact) mass is 262 g/mol. The van der Waals surface area contributed by atoms with E-state index < -0.39 is 0 Å². The van der Waals surface area contributed by atoms with Crippen molar-refractivity contribution in [3.05, 3.63) is 35.4 Å². The summed E-state index contributed by atoms with van der Waals surface area (Å²) in [4.78, 5) is 11.9. The molecule has 0 fully saturated rings. The van der Waals surface area contributed by atoms with Crippen LogP contribution in [-0.2, 0) is 4.79 Å². The maximum atomic E-state index is 11.9. The van der Waals surface area contributed by atoms with Gasteiger partial charge in [0.15, 0.2) is 0 Å². The first-order chi connectivity index (χ1) is 9.08. The summed E-state index contributed by atoms with van der Waals surface area (Å²) < 4.78 is 0. The van der Waals surface area contributed by atoms with Crippen molar-refractivity contribution >= 4 is 5.91 Å². The summed E-state index contributed by atoms with van der Waals surface area (Å²) in [5, 5.41) is 6.32. The largest absolute Gasteiger partial charge is 0.355 e. The lowest BCUT2D eigenvalue weighted by Gasteiger charge is -2.22. The third-order valence-electron chi connectivity index (χ3n) is 3.28. The molecule has 0 heterocycles. The van der Waals surface area contributed by atoms with E-state index in [-0.39, 0.29) is 18.0 Å². The van der Waals surface area contributed by atoms with E-state index in [9.17, 15) is 4.79 Å². The van der Waals surface area contributed by atoms with Crippen molar-refractivity contribution < 1.29 is 4.79 Å². The van der Waals surface area contributed by atoms with Crippen LogP contribution in [0.1, 0.15) is 50.8 Å². The lowest BCUT2D eigenvalue weighted by Crippen LogP contribution is -2.43. The minimum Gasteiger partial charge on any atom is -0.355 e. The number of nitrogens with one attached hydrogen (secondary N) is 2. The lowest BCUT2D eigenvalue weighted by atomic mass is 10.0. The summed E-state index contributed by atoms with van der Waals surface area (Å²) in [5.41, 5.74) is 2.50. The molecule has 0 aromatic heterocycles. The van der Waals surface area contributed by atoms with Crippen molar-refractivity contribution in [3.8, 4) is 0 Å². The SMILES string of the molecule is CCCNC(=O)C(C)NC(CC)c1ccc(C)cc1. The van der Waals surface area contributed by atoms with Gasteiger partial charge in [-0.05, 0) is 32.3 Å². The number of benzene rings is 1. The van der Waals surface area contributed by atoms with Crippen molar-refractivity contribution in [1.82, 2.24) is 10.6 Å². The van der Waals surface area contributed by atoms with Crippen LogP contribution in [0, 0.1) is 6.92 Å². The van der Waals surface area contributed by atoms with E-state index in [0.29, 0.717) is 0 Å². The molecule has 2 atom stereocenters. The molecule has 1 aromatic rings. The molecule has 0 radical (unpaired) electrons. The van der Waals surface area contributed by atoms with Gasteiger partial charge >= 0.3 is 0 Å². The first-order valence-electron chi connectivity index (χ1n) is 7.18. The molecule has 1 amide bonds. The Bertz CT molecular complexity index is 386. The number of rotatable bonds is 7. The van der Waals surface area contributed by atoms with Gasteiger partial charge in [-0.2, -0.15) is 0 Å². The summed E-state index contributed by atoms with van der Waals surface area (Å²) in [6, 6.07) is 8.55. The second kappa shape index (κ2) is 7.95. The van der Waals surface area contributed by atoms with Crippen LogP contribution in [0.25, 0.3) is 0 Å². The van der Waals surface area contributed by atoms with Gasteiger partial charge in [0.25, 0.3) is 0 Å². The molecule has 0 aliphatic carbocycles. The highest BCUT2D eigenvalue weighted by Gasteiger charge is 2.17. The molecule has 0 saturated heterocycles. The van der Waals surface area contributed by atoms with Crippen LogP contribution in [0.2, 0.25) is 0 Å². The molecule has 1 aromatic carbocycles. The Morgan fingerprint density at radius 3 is 2.37 bits per heavy atom. The quantitative estimate of drug-likeness (QED) is 0.793. The minimum absolute atomic E-state index is 0.0763. The highest BCUT2D eigenvalue weighted by molar-refractivity contribution is 5.81. The molecule has 106 valence electrons. The van der Waals surface area contributed by atoms with E-state index in [1.54, 1.807) is 0 Å². The second-order valence-corrected chi connectivity index (χ2v) is 5.05. The molecular formula is C16H26N2O. The molecule has 3 heteroatoms.